The van der Waals surface area contributed by atoms with Crippen LogP contribution in [0, 0.1) is 12.8 Å². The highest BCUT2D eigenvalue weighted by Gasteiger charge is 2.28. The SMILES string of the molecule is CCCNc1nc(C2CC2)nc(NCC2CCSC2)c1C. The topological polar surface area (TPSA) is 49.8 Å². The standard InChI is InChI=1S/C16H26N4S/c1-3-7-17-14-11(2)15(18-9-12-6-8-21-10-12)20-16(19-14)13-4-5-13/h12-13H,3-10H2,1-2H3,(H2,17,18,19,20). The average Bonchev–Trinajstić information content (AvgIpc) is 3.21. The second-order valence-electron chi connectivity index (χ2n) is 6.22. The van der Waals surface area contributed by atoms with Crippen molar-refractivity contribution in [2.75, 3.05) is 35.2 Å². The predicted molar refractivity (Wildman–Crippen MR) is 91.4 cm³/mol. The van der Waals surface area contributed by atoms with Crippen LogP contribution in [0.15, 0.2) is 0 Å². The van der Waals surface area contributed by atoms with Crippen molar-refractivity contribution in [3.05, 3.63) is 11.4 Å². The molecule has 1 saturated carbocycles. The predicted octanol–water partition coefficient (Wildman–Crippen LogP) is 3.65. The lowest BCUT2D eigenvalue weighted by molar-refractivity contribution is 0.629. The van der Waals surface area contributed by atoms with Crippen LogP contribution in [-0.4, -0.2) is 34.6 Å². The van der Waals surface area contributed by atoms with Gasteiger partial charge in [0.25, 0.3) is 0 Å². The number of nitrogens with zero attached hydrogens (tertiary/aromatic N) is 2. The molecule has 1 saturated heterocycles. The molecular formula is C16H26N4S. The molecule has 1 atom stereocenters. The molecule has 1 aliphatic carbocycles. The van der Waals surface area contributed by atoms with Gasteiger partial charge in [-0.2, -0.15) is 11.8 Å². The van der Waals surface area contributed by atoms with Crippen molar-refractivity contribution >= 4 is 23.4 Å². The van der Waals surface area contributed by atoms with E-state index in [-0.39, 0.29) is 0 Å². The molecule has 5 heteroatoms. The second kappa shape index (κ2) is 6.86. The van der Waals surface area contributed by atoms with Crippen LogP contribution in [0.2, 0.25) is 0 Å². The summed E-state index contributed by atoms with van der Waals surface area (Å²) in [6, 6.07) is 0. The summed E-state index contributed by atoms with van der Waals surface area (Å²) in [5.74, 6) is 7.08. The fourth-order valence-electron chi connectivity index (χ4n) is 2.63. The van der Waals surface area contributed by atoms with Crippen molar-refractivity contribution in [3.63, 3.8) is 0 Å². The summed E-state index contributed by atoms with van der Waals surface area (Å²) < 4.78 is 0. The van der Waals surface area contributed by atoms with Gasteiger partial charge in [0.05, 0.1) is 0 Å². The Hall–Kier alpha value is -0.970. The molecule has 1 aliphatic heterocycles. The number of aromatic nitrogens is 2. The van der Waals surface area contributed by atoms with Crippen LogP contribution in [0.4, 0.5) is 11.6 Å². The Labute approximate surface area is 131 Å². The maximum absolute atomic E-state index is 4.79. The molecule has 0 spiro atoms. The first-order valence-electron chi connectivity index (χ1n) is 8.22. The van der Waals surface area contributed by atoms with E-state index < -0.39 is 0 Å². The summed E-state index contributed by atoms with van der Waals surface area (Å²) in [5.41, 5.74) is 1.17. The summed E-state index contributed by atoms with van der Waals surface area (Å²) in [7, 11) is 0. The molecular weight excluding hydrogens is 280 g/mol. The monoisotopic (exact) mass is 306 g/mol. The molecule has 116 valence electrons. The minimum absolute atomic E-state index is 0.593. The lowest BCUT2D eigenvalue weighted by Gasteiger charge is -2.16. The van der Waals surface area contributed by atoms with Crippen molar-refractivity contribution in [1.29, 1.82) is 0 Å². The van der Waals surface area contributed by atoms with Gasteiger partial charge < -0.3 is 10.6 Å². The molecule has 1 aromatic rings. The molecule has 2 N–H and O–H groups in total. The van der Waals surface area contributed by atoms with Crippen LogP contribution in [0.3, 0.4) is 0 Å². The number of hydrogen-bond acceptors (Lipinski definition) is 5. The normalized spacial score (nSPS) is 21.5. The first-order chi connectivity index (χ1) is 10.3. The van der Waals surface area contributed by atoms with Gasteiger partial charge in [-0.25, -0.2) is 9.97 Å². The number of anilines is 2. The van der Waals surface area contributed by atoms with Gasteiger partial charge >= 0.3 is 0 Å². The summed E-state index contributed by atoms with van der Waals surface area (Å²) >= 11 is 2.07. The Balaban J connectivity index is 1.74. The van der Waals surface area contributed by atoms with Crippen LogP contribution >= 0.6 is 11.8 Å². The molecule has 4 nitrogen and oxygen atoms in total. The van der Waals surface area contributed by atoms with Gasteiger partial charge in [0.15, 0.2) is 0 Å². The Bertz CT molecular complexity index is 481. The van der Waals surface area contributed by atoms with E-state index in [1.54, 1.807) is 0 Å². The maximum Gasteiger partial charge on any atom is 0.136 e. The zero-order chi connectivity index (χ0) is 14.7. The molecule has 3 rings (SSSR count). The average molecular weight is 306 g/mol. The zero-order valence-electron chi connectivity index (χ0n) is 13.1. The van der Waals surface area contributed by atoms with Crippen molar-refractivity contribution < 1.29 is 0 Å². The summed E-state index contributed by atoms with van der Waals surface area (Å²) in [6.45, 7) is 6.32. The van der Waals surface area contributed by atoms with Crippen LogP contribution in [-0.2, 0) is 0 Å². The van der Waals surface area contributed by atoms with Crippen molar-refractivity contribution in [2.45, 2.75) is 45.4 Å². The fourth-order valence-corrected chi connectivity index (χ4v) is 3.92. The van der Waals surface area contributed by atoms with Crippen LogP contribution in [0.25, 0.3) is 0 Å². The molecule has 0 aromatic carbocycles. The van der Waals surface area contributed by atoms with Gasteiger partial charge in [0.2, 0.25) is 0 Å². The van der Waals surface area contributed by atoms with Gasteiger partial charge in [-0.1, -0.05) is 6.92 Å². The van der Waals surface area contributed by atoms with Crippen LogP contribution in [0.1, 0.15) is 49.9 Å². The molecule has 1 aromatic heterocycles. The molecule has 2 heterocycles. The Kier molecular flexibility index (Phi) is 4.88. The summed E-state index contributed by atoms with van der Waals surface area (Å²) in [4.78, 5) is 9.54. The Morgan fingerprint density at radius 1 is 1.14 bits per heavy atom. The van der Waals surface area contributed by atoms with Gasteiger partial charge in [-0.05, 0) is 50.0 Å². The molecule has 21 heavy (non-hydrogen) atoms. The highest BCUT2D eigenvalue weighted by molar-refractivity contribution is 7.99. The van der Waals surface area contributed by atoms with Crippen LogP contribution < -0.4 is 10.6 Å². The fraction of sp³-hybridized carbons (Fsp3) is 0.750. The first-order valence-corrected chi connectivity index (χ1v) is 9.37. The number of rotatable bonds is 7. The van der Waals surface area contributed by atoms with E-state index in [0.717, 1.165) is 42.9 Å². The van der Waals surface area contributed by atoms with Gasteiger partial charge in [-0.15, -0.1) is 0 Å². The van der Waals surface area contributed by atoms with E-state index in [1.807, 2.05) is 0 Å². The van der Waals surface area contributed by atoms with Gasteiger partial charge in [0.1, 0.15) is 17.5 Å². The van der Waals surface area contributed by atoms with E-state index in [1.165, 1.54) is 36.3 Å². The van der Waals surface area contributed by atoms with Crippen molar-refractivity contribution in [1.82, 2.24) is 9.97 Å². The zero-order valence-corrected chi connectivity index (χ0v) is 13.9. The molecule has 2 fully saturated rings. The molecule has 0 amide bonds. The smallest absolute Gasteiger partial charge is 0.136 e. The third-order valence-electron chi connectivity index (χ3n) is 4.23. The Morgan fingerprint density at radius 3 is 2.52 bits per heavy atom. The largest absolute Gasteiger partial charge is 0.370 e. The number of nitrogens with one attached hydrogen (secondary N) is 2. The summed E-state index contributed by atoms with van der Waals surface area (Å²) in [5, 5.41) is 7.05. The molecule has 2 aliphatic rings. The van der Waals surface area contributed by atoms with E-state index >= 15 is 0 Å². The van der Waals surface area contributed by atoms with Gasteiger partial charge in [0, 0.05) is 24.6 Å². The lowest BCUT2D eigenvalue weighted by atomic mass is 10.1. The van der Waals surface area contributed by atoms with E-state index in [4.69, 9.17) is 9.97 Å². The van der Waals surface area contributed by atoms with E-state index in [9.17, 15) is 0 Å². The van der Waals surface area contributed by atoms with E-state index in [2.05, 4.69) is 36.2 Å². The van der Waals surface area contributed by atoms with Gasteiger partial charge in [-0.3, -0.25) is 0 Å². The van der Waals surface area contributed by atoms with Crippen molar-refractivity contribution in [3.8, 4) is 0 Å². The van der Waals surface area contributed by atoms with Crippen LogP contribution in [0.5, 0.6) is 0 Å². The number of thioether (sulfide) groups is 1. The highest BCUT2D eigenvalue weighted by Crippen LogP contribution is 2.39. The van der Waals surface area contributed by atoms with Crippen molar-refractivity contribution in [2.24, 2.45) is 5.92 Å². The lowest BCUT2D eigenvalue weighted by Crippen LogP contribution is -2.17. The Morgan fingerprint density at radius 2 is 1.90 bits per heavy atom. The number of hydrogen-bond donors (Lipinski definition) is 2. The van der Waals surface area contributed by atoms with E-state index in [0.29, 0.717) is 5.92 Å². The quantitative estimate of drug-likeness (QED) is 0.805. The third kappa shape index (κ3) is 3.82. The highest BCUT2D eigenvalue weighted by atomic mass is 32.2. The molecule has 0 radical (unpaired) electrons. The second-order valence-corrected chi connectivity index (χ2v) is 7.37. The minimum atomic E-state index is 0.593. The first kappa shape index (κ1) is 14.9. The maximum atomic E-state index is 4.79. The minimum Gasteiger partial charge on any atom is -0.370 e. The molecule has 0 bridgehead atoms. The third-order valence-corrected chi connectivity index (χ3v) is 5.46. The summed E-state index contributed by atoms with van der Waals surface area (Å²) in [6.07, 6.45) is 4.94. The molecule has 1 unspecified atom stereocenters.